The van der Waals surface area contributed by atoms with Crippen LogP contribution in [0.3, 0.4) is 0 Å². The van der Waals surface area contributed by atoms with Crippen molar-refractivity contribution in [1.29, 1.82) is 0 Å². The van der Waals surface area contributed by atoms with E-state index in [0.717, 1.165) is 0 Å². The zero-order chi connectivity index (χ0) is 14.0. The maximum atomic E-state index is 13.1. The number of benzene rings is 2. The Morgan fingerprint density at radius 3 is 2.68 bits per heavy atom. The third-order valence-electron chi connectivity index (χ3n) is 2.62. The molecule has 3 nitrogen and oxygen atoms in total. The summed E-state index contributed by atoms with van der Waals surface area (Å²) in [5.74, 6) is -1.02. The summed E-state index contributed by atoms with van der Waals surface area (Å²) in [4.78, 5) is 12.0. The molecule has 0 aliphatic rings. The van der Waals surface area contributed by atoms with Gasteiger partial charge in [-0.05, 0) is 48.9 Å². The fourth-order valence-corrected chi connectivity index (χ4v) is 1.78. The fourth-order valence-electron chi connectivity index (χ4n) is 1.61. The van der Waals surface area contributed by atoms with Gasteiger partial charge in [-0.1, -0.05) is 11.6 Å². The smallest absolute Gasteiger partial charge is 0.259 e. The molecular formula is C14H11ClFNO2. The fraction of sp³-hybridized carbons (Fsp3) is 0.0714. The Kier molecular flexibility index (Phi) is 3.71. The summed E-state index contributed by atoms with van der Waals surface area (Å²) in [6.45, 7) is 1.60. The van der Waals surface area contributed by atoms with Crippen molar-refractivity contribution in [3.8, 4) is 5.75 Å². The lowest BCUT2D eigenvalue weighted by Crippen LogP contribution is -2.12. The second-order valence-corrected chi connectivity index (χ2v) is 4.52. The van der Waals surface area contributed by atoms with Crippen LogP contribution in [0.2, 0.25) is 5.02 Å². The first-order valence-electron chi connectivity index (χ1n) is 5.53. The van der Waals surface area contributed by atoms with Crippen LogP contribution in [0.4, 0.5) is 10.1 Å². The first-order valence-corrected chi connectivity index (χ1v) is 5.91. The maximum absolute atomic E-state index is 13.1. The molecule has 0 radical (unpaired) electrons. The molecule has 1 amide bonds. The van der Waals surface area contributed by atoms with Gasteiger partial charge in [0.05, 0.1) is 5.56 Å². The summed E-state index contributed by atoms with van der Waals surface area (Å²) in [5.41, 5.74) is 0.936. The molecule has 5 heteroatoms. The largest absolute Gasteiger partial charge is 0.507 e. The average Bonchev–Trinajstić information content (AvgIpc) is 2.36. The van der Waals surface area contributed by atoms with Crippen LogP contribution in [0, 0.1) is 12.7 Å². The number of carbonyl (C=O) groups excluding carboxylic acids is 1. The van der Waals surface area contributed by atoms with Crippen LogP contribution in [0.15, 0.2) is 36.4 Å². The number of rotatable bonds is 2. The van der Waals surface area contributed by atoms with Crippen LogP contribution >= 0.6 is 11.6 Å². The van der Waals surface area contributed by atoms with Crippen molar-refractivity contribution in [1.82, 2.24) is 0 Å². The van der Waals surface area contributed by atoms with E-state index in [0.29, 0.717) is 16.3 Å². The normalized spacial score (nSPS) is 10.3. The highest BCUT2D eigenvalue weighted by atomic mass is 35.5. The van der Waals surface area contributed by atoms with Gasteiger partial charge in [-0.2, -0.15) is 0 Å². The van der Waals surface area contributed by atoms with Crippen molar-refractivity contribution in [3.05, 3.63) is 58.4 Å². The van der Waals surface area contributed by atoms with Crippen LogP contribution in [0.5, 0.6) is 5.75 Å². The van der Waals surface area contributed by atoms with Crippen molar-refractivity contribution in [2.45, 2.75) is 6.92 Å². The average molecular weight is 280 g/mol. The van der Waals surface area contributed by atoms with E-state index in [4.69, 9.17) is 11.6 Å². The second kappa shape index (κ2) is 5.28. The van der Waals surface area contributed by atoms with E-state index in [1.165, 1.54) is 36.4 Å². The SMILES string of the molecule is Cc1cc(NC(=O)c2cc(Cl)ccc2O)ccc1F. The highest BCUT2D eigenvalue weighted by Gasteiger charge is 2.12. The molecule has 2 rings (SSSR count). The number of aryl methyl sites for hydroxylation is 1. The van der Waals surface area contributed by atoms with Gasteiger partial charge in [0.25, 0.3) is 5.91 Å². The first-order chi connectivity index (χ1) is 8.97. The standard InChI is InChI=1S/C14H11ClFNO2/c1-8-6-10(3-4-12(8)16)17-14(19)11-7-9(15)2-5-13(11)18/h2-7,18H,1H3,(H,17,19). The lowest BCUT2D eigenvalue weighted by atomic mass is 10.1. The van der Waals surface area contributed by atoms with Gasteiger partial charge in [0.15, 0.2) is 0 Å². The number of hydrogen-bond acceptors (Lipinski definition) is 2. The summed E-state index contributed by atoms with van der Waals surface area (Å²) >= 11 is 5.77. The Labute approximate surface area is 114 Å². The van der Waals surface area contributed by atoms with Gasteiger partial charge in [0.2, 0.25) is 0 Å². The van der Waals surface area contributed by atoms with Crippen LogP contribution in [-0.4, -0.2) is 11.0 Å². The highest BCUT2D eigenvalue weighted by molar-refractivity contribution is 6.31. The lowest BCUT2D eigenvalue weighted by molar-refractivity contribution is 0.102. The summed E-state index contributed by atoms with van der Waals surface area (Å²) in [6, 6.07) is 8.41. The number of nitrogens with one attached hydrogen (secondary N) is 1. The quantitative estimate of drug-likeness (QED) is 0.880. The van der Waals surface area contributed by atoms with Crippen LogP contribution in [-0.2, 0) is 0 Å². The van der Waals surface area contributed by atoms with Crippen molar-refractivity contribution < 1.29 is 14.3 Å². The maximum Gasteiger partial charge on any atom is 0.259 e. The first kappa shape index (κ1) is 13.4. The van der Waals surface area contributed by atoms with Gasteiger partial charge in [0.1, 0.15) is 11.6 Å². The van der Waals surface area contributed by atoms with E-state index < -0.39 is 5.91 Å². The zero-order valence-corrected chi connectivity index (χ0v) is 10.8. The molecule has 0 aromatic heterocycles. The minimum Gasteiger partial charge on any atom is -0.507 e. The van der Waals surface area contributed by atoms with Crippen molar-refractivity contribution in [2.24, 2.45) is 0 Å². The number of hydrogen-bond donors (Lipinski definition) is 2. The zero-order valence-electron chi connectivity index (χ0n) is 10.1. The Morgan fingerprint density at radius 2 is 2.00 bits per heavy atom. The Bertz CT molecular complexity index is 643. The monoisotopic (exact) mass is 279 g/mol. The van der Waals surface area contributed by atoms with Crippen LogP contribution in [0.25, 0.3) is 0 Å². The number of anilines is 1. The third kappa shape index (κ3) is 3.03. The predicted molar refractivity (Wildman–Crippen MR) is 72.2 cm³/mol. The summed E-state index contributed by atoms with van der Waals surface area (Å²) in [6.07, 6.45) is 0. The molecular weight excluding hydrogens is 269 g/mol. The Morgan fingerprint density at radius 1 is 1.26 bits per heavy atom. The molecule has 2 N–H and O–H groups in total. The molecule has 0 atom stereocenters. The summed E-state index contributed by atoms with van der Waals surface area (Å²) < 4.78 is 13.1. The highest BCUT2D eigenvalue weighted by Crippen LogP contribution is 2.23. The van der Waals surface area contributed by atoms with Gasteiger partial charge >= 0.3 is 0 Å². The minimum absolute atomic E-state index is 0.0643. The van der Waals surface area contributed by atoms with Gasteiger partial charge in [0, 0.05) is 10.7 Å². The number of amides is 1. The third-order valence-corrected chi connectivity index (χ3v) is 2.85. The molecule has 2 aromatic carbocycles. The van der Waals surface area contributed by atoms with E-state index in [9.17, 15) is 14.3 Å². The van der Waals surface area contributed by atoms with E-state index >= 15 is 0 Å². The molecule has 0 saturated heterocycles. The molecule has 0 saturated carbocycles. The number of phenolic OH excluding ortho intramolecular Hbond substituents is 1. The van der Waals surface area contributed by atoms with E-state index in [-0.39, 0.29) is 17.1 Å². The molecule has 98 valence electrons. The Balaban J connectivity index is 2.25. The van der Waals surface area contributed by atoms with Gasteiger partial charge in [-0.3, -0.25) is 4.79 Å². The van der Waals surface area contributed by atoms with Crippen LogP contribution in [0.1, 0.15) is 15.9 Å². The van der Waals surface area contributed by atoms with Crippen molar-refractivity contribution >= 4 is 23.2 Å². The second-order valence-electron chi connectivity index (χ2n) is 4.08. The molecule has 0 spiro atoms. The van der Waals surface area contributed by atoms with Gasteiger partial charge in [-0.25, -0.2) is 4.39 Å². The number of phenols is 1. The molecule has 19 heavy (non-hydrogen) atoms. The minimum atomic E-state index is -0.508. The molecule has 0 fully saturated rings. The van der Waals surface area contributed by atoms with E-state index in [2.05, 4.69) is 5.32 Å². The topological polar surface area (TPSA) is 49.3 Å². The van der Waals surface area contributed by atoms with Crippen molar-refractivity contribution in [2.75, 3.05) is 5.32 Å². The van der Waals surface area contributed by atoms with E-state index in [1.807, 2.05) is 0 Å². The van der Waals surface area contributed by atoms with Crippen molar-refractivity contribution in [3.63, 3.8) is 0 Å². The molecule has 2 aromatic rings. The molecule has 0 aliphatic heterocycles. The van der Waals surface area contributed by atoms with Gasteiger partial charge in [-0.15, -0.1) is 0 Å². The Hall–Kier alpha value is -2.07. The summed E-state index contributed by atoms with van der Waals surface area (Å²) in [7, 11) is 0. The van der Waals surface area contributed by atoms with Crippen LogP contribution < -0.4 is 5.32 Å². The van der Waals surface area contributed by atoms with Gasteiger partial charge < -0.3 is 10.4 Å². The number of aromatic hydroxyl groups is 1. The molecule has 0 aliphatic carbocycles. The molecule has 0 heterocycles. The molecule has 0 bridgehead atoms. The lowest BCUT2D eigenvalue weighted by Gasteiger charge is -2.08. The number of carbonyl (C=O) groups is 1. The molecule has 0 unspecified atom stereocenters. The number of halogens is 2. The summed E-state index contributed by atoms with van der Waals surface area (Å²) in [5, 5.41) is 12.5. The predicted octanol–water partition coefficient (Wildman–Crippen LogP) is 3.75. The van der Waals surface area contributed by atoms with E-state index in [1.54, 1.807) is 6.92 Å².